The van der Waals surface area contributed by atoms with Crippen LogP contribution in [-0.4, -0.2) is 33.0 Å². The summed E-state index contributed by atoms with van der Waals surface area (Å²) < 4.78 is 26.4. The van der Waals surface area contributed by atoms with Gasteiger partial charge in [0, 0.05) is 17.1 Å². The minimum atomic E-state index is -3.58. The number of nitrogens with zero attached hydrogens (tertiary/aromatic N) is 1. The van der Waals surface area contributed by atoms with Gasteiger partial charge in [-0.3, -0.25) is 4.99 Å². The maximum Gasteiger partial charge on any atom is 0.240 e. The number of sulfonamides is 1. The van der Waals surface area contributed by atoms with Crippen molar-refractivity contribution < 1.29 is 8.42 Å². The minimum Gasteiger partial charge on any atom is -0.370 e. The number of hydrogen-bond donors (Lipinski definition) is 3. The van der Waals surface area contributed by atoms with Gasteiger partial charge in [0.05, 0.1) is 11.4 Å². The van der Waals surface area contributed by atoms with Crippen LogP contribution >= 0.6 is 35.6 Å². The molecule has 1 aromatic carbocycles. The molecule has 4 N–H and O–H groups in total. The number of rotatable bonds is 5. The largest absolute Gasteiger partial charge is 0.370 e. The lowest BCUT2D eigenvalue weighted by Crippen LogP contribution is -2.45. The van der Waals surface area contributed by atoms with Crippen molar-refractivity contribution >= 4 is 51.6 Å². The van der Waals surface area contributed by atoms with E-state index in [1.54, 1.807) is 12.1 Å². The monoisotopic (exact) mass is 460 g/mol. The predicted octanol–water partition coefficient (Wildman–Crippen LogP) is 1.94. The smallest absolute Gasteiger partial charge is 0.240 e. The van der Waals surface area contributed by atoms with E-state index >= 15 is 0 Å². The molecule has 1 aromatic rings. The number of aliphatic imine (C=N–C) groups is 1. The first-order valence-electron chi connectivity index (χ1n) is 6.43. The van der Waals surface area contributed by atoms with Gasteiger partial charge >= 0.3 is 0 Å². The lowest BCUT2D eigenvalue weighted by atomic mass is 10.1. The number of guanidine groups is 1. The Kier molecular flexibility index (Phi) is 8.66. The van der Waals surface area contributed by atoms with Gasteiger partial charge in [0.1, 0.15) is 0 Å². The van der Waals surface area contributed by atoms with Gasteiger partial charge in [-0.1, -0.05) is 17.7 Å². The Morgan fingerprint density at radius 1 is 1.36 bits per heavy atom. The van der Waals surface area contributed by atoms with Gasteiger partial charge in [0.15, 0.2) is 5.96 Å². The highest BCUT2D eigenvalue weighted by molar-refractivity contribution is 14.0. The van der Waals surface area contributed by atoms with Crippen LogP contribution in [0.3, 0.4) is 0 Å². The molecule has 0 aliphatic carbocycles. The molecule has 0 aliphatic heterocycles. The second-order valence-corrected chi connectivity index (χ2v) is 7.70. The molecule has 0 radical (unpaired) electrons. The zero-order valence-electron chi connectivity index (χ0n) is 12.8. The van der Waals surface area contributed by atoms with Crippen molar-refractivity contribution in [1.82, 2.24) is 10.0 Å². The Balaban J connectivity index is 0.00000441. The van der Waals surface area contributed by atoms with Crippen LogP contribution in [-0.2, 0) is 10.0 Å². The summed E-state index contributed by atoms with van der Waals surface area (Å²) in [7, 11) is -3.58. The molecule has 0 heterocycles. The van der Waals surface area contributed by atoms with E-state index in [9.17, 15) is 8.42 Å². The van der Waals surface area contributed by atoms with Crippen molar-refractivity contribution in [3.05, 3.63) is 29.3 Å². The highest BCUT2D eigenvalue weighted by atomic mass is 127. The molecule has 0 spiro atoms. The van der Waals surface area contributed by atoms with Gasteiger partial charge in [-0.05, 0) is 39.0 Å². The molecular formula is C13H22ClIN4O2S. The van der Waals surface area contributed by atoms with Crippen molar-refractivity contribution in [3.8, 4) is 0 Å². The number of benzene rings is 1. The third kappa shape index (κ3) is 8.16. The molecule has 0 bridgehead atoms. The maximum atomic E-state index is 12.0. The van der Waals surface area contributed by atoms with E-state index in [0.29, 0.717) is 5.02 Å². The van der Waals surface area contributed by atoms with E-state index < -0.39 is 10.0 Å². The quantitative estimate of drug-likeness (QED) is 0.271. The van der Waals surface area contributed by atoms with Crippen LogP contribution in [0.25, 0.3) is 0 Å². The van der Waals surface area contributed by atoms with Crippen LogP contribution in [0.15, 0.2) is 34.2 Å². The molecule has 0 aromatic heterocycles. The molecule has 22 heavy (non-hydrogen) atoms. The van der Waals surface area contributed by atoms with Crippen LogP contribution in [0.2, 0.25) is 5.02 Å². The average Bonchev–Trinajstić information content (AvgIpc) is 2.32. The van der Waals surface area contributed by atoms with Gasteiger partial charge in [0.2, 0.25) is 10.0 Å². The summed E-state index contributed by atoms with van der Waals surface area (Å²) in [5.41, 5.74) is 5.50. The first-order valence-corrected chi connectivity index (χ1v) is 8.30. The van der Waals surface area contributed by atoms with Crippen LogP contribution in [0, 0.1) is 0 Å². The molecule has 0 aliphatic rings. The Morgan fingerprint density at radius 3 is 2.55 bits per heavy atom. The fourth-order valence-electron chi connectivity index (χ4n) is 1.50. The van der Waals surface area contributed by atoms with E-state index in [0.717, 1.165) is 0 Å². The number of halogens is 2. The van der Waals surface area contributed by atoms with Crippen molar-refractivity contribution in [1.29, 1.82) is 0 Å². The number of nitrogens with two attached hydrogens (primary N) is 1. The molecule has 9 heteroatoms. The molecule has 0 amide bonds. The molecule has 0 atom stereocenters. The lowest BCUT2D eigenvalue weighted by Gasteiger charge is -2.20. The van der Waals surface area contributed by atoms with Crippen LogP contribution in [0.1, 0.15) is 20.8 Å². The molecule has 126 valence electrons. The zero-order valence-corrected chi connectivity index (χ0v) is 16.7. The molecule has 0 saturated carbocycles. The third-order valence-electron chi connectivity index (χ3n) is 2.30. The number of hydrogen-bond acceptors (Lipinski definition) is 3. The molecular weight excluding hydrogens is 439 g/mol. The Hall–Kier alpha value is -0.580. The van der Waals surface area contributed by atoms with E-state index in [4.69, 9.17) is 17.3 Å². The van der Waals surface area contributed by atoms with Gasteiger partial charge in [-0.15, -0.1) is 24.0 Å². The second-order valence-electron chi connectivity index (χ2n) is 5.50. The summed E-state index contributed by atoms with van der Waals surface area (Å²) in [4.78, 5) is 4.18. The average molecular weight is 461 g/mol. The SMILES string of the molecule is CC(C)(C)NC(N)=NCCNS(=O)(=O)c1cccc(Cl)c1.I. The first kappa shape index (κ1) is 21.4. The molecule has 0 fully saturated rings. The van der Waals surface area contributed by atoms with Crippen molar-refractivity contribution in [2.75, 3.05) is 13.1 Å². The number of nitrogens with one attached hydrogen (secondary N) is 2. The molecule has 1 rings (SSSR count). The summed E-state index contributed by atoms with van der Waals surface area (Å²) >= 11 is 5.78. The third-order valence-corrected chi connectivity index (χ3v) is 3.99. The highest BCUT2D eigenvalue weighted by Crippen LogP contribution is 2.14. The van der Waals surface area contributed by atoms with Gasteiger partial charge < -0.3 is 11.1 Å². The fourth-order valence-corrected chi connectivity index (χ4v) is 2.82. The van der Waals surface area contributed by atoms with Crippen molar-refractivity contribution in [2.45, 2.75) is 31.2 Å². The van der Waals surface area contributed by atoms with Crippen molar-refractivity contribution in [3.63, 3.8) is 0 Å². The van der Waals surface area contributed by atoms with E-state index in [2.05, 4.69) is 15.0 Å². The summed E-state index contributed by atoms with van der Waals surface area (Å²) in [6.45, 7) is 6.27. The van der Waals surface area contributed by atoms with Gasteiger partial charge in [-0.2, -0.15) is 0 Å². The molecule has 0 saturated heterocycles. The van der Waals surface area contributed by atoms with E-state index in [1.807, 2.05) is 20.8 Å². The van der Waals surface area contributed by atoms with Crippen LogP contribution in [0.4, 0.5) is 0 Å². The zero-order chi connectivity index (χ0) is 16.1. The van der Waals surface area contributed by atoms with Crippen LogP contribution < -0.4 is 15.8 Å². The maximum absolute atomic E-state index is 12.0. The van der Waals surface area contributed by atoms with E-state index in [-0.39, 0.29) is 53.5 Å². The molecule has 6 nitrogen and oxygen atoms in total. The fraction of sp³-hybridized carbons (Fsp3) is 0.462. The summed E-state index contributed by atoms with van der Waals surface area (Å²) in [6.07, 6.45) is 0. The predicted molar refractivity (Wildman–Crippen MR) is 101 cm³/mol. The lowest BCUT2D eigenvalue weighted by molar-refractivity contribution is 0.508. The first-order chi connectivity index (χ1) is 9.60. The highest BCUT2D eigenvalue weighted by Gasteiger charge is 2.13. The van der Waals surface area contributed by atoms with Gasteiger partial charge in [-0.25, -0.2) is 13.1 Å². The Morgan fingerprint density at radius 2 is 2.00 bits per heavy atom. The van der Waals surface area contributed by atoms with Gasteiger partial charge in [0.25, 0.3) is 0 Å². The van der Waals surface area contributed by atoms with Crippen molar-refractivity contribution in [2.24, 2.45) is 10.7 Å². The Bertz CT molecular complexity index is 615. The molecule has 0 unspecified atom stereocenters. The second kappa shape index (κ2) is 8.90. The normalized spacial score (nSPS) is 12.6. The standard InChI is InChI=1S/C13H21ClN4O2S.HI/c1-13(2,3)18-12(15)16-7-8-17-21(19,20)11-6-4-5-10(14)9-11;/h4-6,9,17H,7-8H2,1-3H3,(H3,15,16,18);1H. The minimum absolute atomic E-state index is 0. The topological polar surface area (TPSA) is 96.6 Å². The summed E-state index contributed by atoms with van der Waals surface area (Å²) in [6, 6.07) is 6.07. The van der Waals surface area contributed by atoms with Crippen LogP contribution in [0.5, 0.6) is 0 Å². The summed E-state index contributed by atoms with van der Waals surface area (Å²) in [5.74, 6) is 0.282. The summed E-state index contributed by atoms with van der Waals surface area (Å²) in [5, 5.41) is 3.36. The van der Waals surface area contributed by atoms with E-state index in [1.165, 1.54) is 12.1 Å². The Labute approximate surface area is 154 Å².